The molecule has 0 amide bonds. The van der Waals surface area contributed by atoms with Gasteiger partial charge >= 0.3 is 0 Å². The summed E-state index contributed by atoms with van der Waals surface area (Å²) in [6.07, 6.45) is 1.26. The third-order valence-electron chi connectivity index (χ3n) is 1.26. The lowest BCUT2D eigenvalue weighted by Gasteiger charge is -1.98. The van der Waals surface area contributed by atoms with E-state index in [1.807, 2.05) is 0 Å². The van der Waals surface area contributed by atoms with Gasteiger partial charge in [0.15, 0.2) is 11.5 Å². The molecule has 0 spiro atoms. The zero-order valence-electron chi connectivity index (χ0n) is 5.73. The highest BCUT2D eigenvalue weighted by molar-refractivity contribution is 5.84. The average molecular weight is 152 g/mol. The van der Waals surface area contributed by atoms with E-state index in [9.17, 15) is 0 Å². The highest BCUT2D eigenvalue weighted by Crippen LogP contribution is 2.26. The molecule has 0 unspecified atom stereocenters. The summed E-state index contributed by atoms with van der Waals surface area (Å²) in [5.41, 5.74) is 0.396. The van der Waals surface area contributed by atoms with Crippen LogP contribution in [0.25, 0.3) is 0 Å². The zero-order valence-corrected chi connectivity index (χ0v) is 5.73. The van der Waals surface area contributed by atoms with Crippen LogP contribution in [0.15, 0.2) is 23.3 Å². The molecule has 11 heavy (non-hydrogen) atoms. The highest BCUT2D eigenvalue weighted by Gasteiger charge is 2.01. The summed E-state index contributed by atoms with van der Waals surface area (Å²) in [5, 5.41) is 21.3. The second-order valence-electron chi connectivity index (χ2n) is 1.99. The molecule has 0 saturated heterocycles. The van der Waals surface area contributed by atoms with Crippen molar-refractivity contribution in [2.75, 3.05) is 0 Å². The maximum atomic E-state index is 9.13. The molecule has 4 N–H and O–H groups in total. The number of hydrazone groups is 1. The van der Waals surface area contributed by atoms with Gasteiger partial charge in [-0.1, -0.05) is 6.07 Å². The van der Waals surface area contributed by atoms with Crippen LogP contribution in [0.2, 0.25) is 0 Å². The van der Waals surface area contributed by atoms with Gasteiger partial charge in [0.05, 0.1) is 6.21 Å². The van der Waals surface area contributed by atoms with Gasteiger partial charge in [-0.3, -0.25) is 0 Å². The number of phenols is 2. The van der Waals surface area contributed by atoms with Crippen molar-refractivity contribution in [3.63, 3.8) is 0 Å². The number of hydrogen-bond donors (Lipinski definition) is 3. The van der Waals surface area contributed by atoms with Crippen LogP contribution in [0.3, 0.4) is 0 Å². The minimum Gasteiger partial charge on any atom is -0.504 e. The van der Waals surface area contributed by atoms with Crippen LogP contribution in [0, 0.1) is 0 Å². The molecule has 0 aliphatic rings. The summed E-state index contributed by atoms with van der Waals surface area (Å²) >= 11 is 0. The van der Waals surface area contributed by atoms with Crippen LogP contribution in [0.4, 0.5) is 0 Å². The summed E-state index contributed by atoms with van der Waals surface area (Å²) < 4.78 is 0. The minimum absolute atomic E-state index is 0.178. The van der Waals surface area contributed by atoms with Crippen LogP contribution in [-0.4, -0.2) is 16.4 Å². The number of benzene rings is 1. The first kappa shape index (κ1) is 7.40. The van der Waals surface area contributed by atoms with Gasteiger partial charge < -0.3 is 16.1 Å². The van der Waals surface area contributed by atoms with Crippen molar-refractivity contribution < 1.29 is 10.2 Å². The third-order valence-corrected chi connectivity index (χ3v) is 1.26. The fourth-order valence-electron chi connectivity index (χ4n) is 0.733. The second-order valence-corrected chi connectivity index (χ2v) is 1.99. The fraction of sp³-hybridized carbons (Fsp3) is 0. The van der Waals surface area contributed by atoms with Crippen molar-refractivity contribution in [2.24, 2.45) is 10.9 Å². The number of nitrogens with zero attached hydrogens (tertiary/aromatic N) is 1. The molecule has 0 heterocycles. The molecule has 4 nitrogen and oxygen atoms in total. The molecule has 0 radical (unpaired) electrons. The molecule has 1 aromatic rings. The Balaban J connectivity index is 3.16. The summed E-state index contributed by atoms with van der Waals surface area (Å²) in [6, 6.07) is 4.56. The largest absolute Gasteiger partial charge is 0.504 e. The van der Waals surface area contributed by atoms with E-state index in [0.29, 0.717) is 5.56 Å². The zero-order chi connectivity index (χ0) is 8.27. The van der Waals surface area contributed by atoms with E-state index in [0.717, 1.165) is 0 Å². The third kappa shape index (κ3) is 1.40. The molecule has 0 saturated carbocycles. The second kappa shape index (κ2) is 2.92. The predicted molar refractivity (Wildman–Crippen MR) is 41.6 cm³/mol. The molecule has 0 bridgehead atoms. The first-order valence-corrected chi connectivity index (χ1v) is 3.00. The first-order valence-electron chi connectivity index (χ1n) is 3.00. The van der Waals surface area contributed by atoms with E-state index < -0.39 is 0 Å². The Kier molecular flexibility index (Phi) is 1.96. The molecule has 58 valence electrons. The van der Waals surface area contributed by atoms with E-state index >= 15 is 0 Å². The van der Waals surface area contributed by atoms with Gasteiger partial charge in [-0.25, -0.2) is 0 Å². The maximum Gasteiger partial charge on any atom is 0.166 e. The molecule has 0 aromatic heterocycles. The van der Waals surface area contributed by atoms with E-state index in [2.05, 4.69) is 5.10 Å². The van der Waals surface area contributed by atoms with Crippen LogP contribution < -0.4 is 5.84 Å². The van der Waals surface area contributed by atoms with Crippen molar-refractivity contribution in [3.05, 3.63) is 23.8 Å². The Bertz CT molecular complexity index is 284. The van der Waals surface area contributed by atoms with Gasteiger partial charge in [0.2, 0.25) is 0 Å². The van der Waals surface area contributed by atoms with Gasteiger partial charge in [0, 0.05) is 5.56 Å². The quantitative estimate of drug-likeness (QED) is 0.236. The number of hydrogen-bond acceptors (Lipinski definition) is 4. The monoisotopic (exact) mass is 152 g/mol. The molecule has 1 aromatic carbocycles. The highest BCUT2D eigenvalue weighted by atomic mass is 16.3. The summed E-state index contributed by atoms with van der Waals surface area (Å²) in [5.74, 6) is 4.47. The van der Waals surface area contributed by atoms with Crippen LogP contribution in [0.1, 0.15) is 5.56 Å². The van der Waals surface area contributed by atoms with Crippen molar-refractivity contribution in [2.45, 2.75) is 0 Å². The Morgan fingerprint density at radius 3 is 2.73 bits per heavy atom. The van der Waals surface area contributed by atoms with Crippen molar-refractivity contribution in [1.29, 1.82) is 0 Å². The van der Waals surface area contributed by atoms with E-state index in [4.69, 9.17) is 16.1 Å². The number of rotatable bonds is 1. The number of nitrogens with two attached hydrogens (primary N) is 1. The van der Waals surface area contributed by atoms with E-state index in [1.165, 1.54) is 12.3 Å². The fourth-order valence-corrected chi connectivity index (χ4v) is 0.733. The lowest BCUT2D eigenvalue weighted by molar-refractivity contribution is 0.403. The van der Waals surface area contributed by atoms with Crippen LogP contribution >= 0.6 is 0 Å². The number of aromatic hydroxyl groups is 2. The van der Waals surface area contributed by atoms with Crippen LogP contribution in [0.5, 0.6) is 11.5 Å². The molecule has 4 heteroatoms. The lowest BCUT2D eigenvalue weighted by Crippen LogP contribution is -1.86. The normalized spacial score (nSPS) is 10.5. The number of phenolic OH excluding ortho intramolecular Hbond substituents is 2. The molecular formula is C7H8N2O2. The Morgan fingerprint density at radius 1 is 1.36 bits per heavy atom. The van der Waals surface area contributed by atoms with Crippen molar-refractivity contribution >= 4 is 6.21 Å². The smallest absolute Gasteiger partial charge is 0.166 e. The van der Waals surface area contributed by atoms with E-state index in [-0.39, 0.29) is 11.5 Å². The molecule has 0 fully saturated rings. The molecule has 0 atom stereocenters. The van der Waals surface area contributed by atoms with E-state index in [1.54, 1.807) is 12.1 Å². The predicted octanol–water partition coefficient (Wildman–Crippen LogP) is 0.390. The first-order chi connectivity index (χ1) is 5.25. The van der Waals surface area contributed by atoms with Crippen molar-refractivity contribution in [1.82, 2.24) is 0 Å². The maximum absolute atomic E-state index is 9.13. The minimum atomic E-state index is -0.207. The molecule has 0 aliphatic heterocycles. The summed E-state index contributed by atoms with van der Waals surface area (Å²) in [6.45, 7) is 0. The molecule has 0 aliphatic carbocycles. The van der Waals surface area contributed by atoms with Gasteiger partial charge in [-0.2, -0.15) is 5.10 Å². The van der Waals surface area contributed by atoms with Gasteiger partial charge in [0.1, 0.15) is 0 Å². The standard InChI is InChI=1S/C7H8N2O2/c8-9-4-5-2-1-3-6(10)7(5)11/h1-4,10-11H,8H2/b9-4+. The topological polar surface area (TPSA) is 78.8 Å². The molecule has 1 rings (SSSR count). The van der Waals surface area contributed by atoms with Crippen LogP contribution in [-0.2, 0) is 0 Å². The number of para-hydroxylation sites is 1. The van der Waals surface area contributed by atoms with Crippen molar-refractivity contribution in [3.8, 4) is 11.5 Å². The summed E-state index contributed by atoms with van der Waals surface area (Å²) in [7, 11) is 0. The SMILES string of the molecule is N/N=C/c1cccc(O)c1O. The Morgan fingerprint density at radius 2 is 2.09 bits per heavy atom. The average Bonchev–Trinajstić information content (AvgIpc) is 1.99. The Hall–Kier alpha value is -1.71. The van der Waals surface area contributed by atoms with Gasteiger partial charge in [0.25, 0.3) is 0 Å². The Labute approximate surface area is 63.6 Å². The summed E-state index contributed by atoms with van der Waals surface area (Å²) in [4.78, 5) is 0. The van der Waals surface area contributed by atoms with Gasteiger partial charge in [-0.15, -0.1) is 0 Å². The molecular weight excluding hydrogens is 144 g/mol. The lowest BCUT2D eigenvalue weighted by atomic mass is 10.2. The van der Waals surface area contributed by atoms with Gasteiger partial charge in [-0.05, 0) is 12.1 Å².